The Balaban J connectivity index is 1.33. The van der Waals surface area contributed by atoms with Crippen molar-refractivity contribution in [2.24, 2.45) is 17.8 Å². The predicted octanol–water partition coefficient (Wildman–Crippen LogP) is 12.8. The molecule has 6 aromatic rings. The quantitative estimate of drug-likeness (QED) is 0.127. The molecule has 5 nitrogen and oxygen atoms in total. The van der Waals surface area contributed by atoms with Gasteiger partial charge in [-0.3, -0.25) is 4.57 Å². The molecule has 5 heteroatoms. The summed E-state index contributed by atoms with van der Waals surface area (Å²) in [5, 5.41) is 7.71. The maximum atomic E-state index is 6.84. The van der Waals surface area contributed by atoms with Gasteiger partial charge in [0.25, 0.3) is 0 Å². The number of fused-ring (bicyclic) bond motifs is 3. The molecule has 0 fully saturated rings. The van der Waals surface area contributed by atoms with Crippen molar-refractivity contribution >= 4 is 21.8 Å². The van der Waals surface area contributed by atoms with Gasteiger partial charge in [-0.2, -0.15) is 5.10 Å². The van der Waals surface area contributed by atoms with Crippen LogP contribution < -0.4 is 4.74 Å². The van der Waals surface area contributed by atoms with Crippen LogP contribution in [0, 0.1) is 24.7 Å². The summed E-state index contributed by atoms with van der Waals surface area (Å²) in [4.78, 5) is 4.87. The summed E-state index contributed by atoms with van der Waals surface area (Å²) in [6, 6.07) is 26.2. The van der Waals surface area contributed by atoms with Gasteiger partial charge in [0.15, 0.2) is 0 Å². The molecule has 0 aliphatic heterocycles. The zero-order valence-electron chi connectivity index (χ0n) is 32.7. The van der Waals surface area contributed by atoms with Gasteiger partial charge in [-0.15, -0.1) is 0 Å². The second-order valence-electron chi connectivity index (χ2n) is 16.2. The molecule has 0 amide bonds. The Morgan fingerprint density at radius 1 is 0.865 bits per heavy atom. The van der Waals surface area contributed by atoms with Crippen molar-refractivity contribution in [3.8, 4) is 23.0 Å². The molecule has 1 aliphatic rings. The maximum Gasteiger partial charge on any atom is 0.137 e. The van der Waals surface area contributed by atoms with Crippen LogP contribution >= 0.6 is 0 Å². The van der Waals surface area contributed by atoms with Crippen molar-refractivity contribution in [2.45, 2.75) is 106 Å². The smallest absolute Gasteiger partial charge is 0.137 e. The van der Waals surface area contributed by atoms with Crippen LogP contribution in [0.15, 0.2) is 90.6 Å². The topological polar surface area (TPSA) is 44.9 Å². The summed E-state index contributed by atoms with van der Waals surface area (Å²) < 4.78 is 11.4. The number of pyridine rings is 1. The van der Waals surface area contributed by atoms with Crippen LogP contribution in [0.5, 0.6) is 11.5 Å². The van der Waals surface area contributed by atoms with E-state index < -0.39 is 0 Å². The highest BCUT2D eigenvalue weighted by molar-refractivity contribution is 6.09. The van der Waals surface area contributed by atoms with Gasteiger partial charge in [0.1, 0.15) is 17.3 Å². The number of allylic oxidation sites excluding steroid dienone is 2. The Kier molecular flexibility index (Phi) is 10.2. The number of unbranched alkanes of at least 4 members (excludes halogenated alkanes) is 1. The number of benzene rings is 3. The summed E-state index contributed by atoms with van der Waals surface area (Å²) in [7, 11) is 0. The first-order valence-electron chi connectivity index (χ1n) is 19.6. The van der Waals surface area contributed by atoms with Crippen molar-refractivity contribution in [2.75, 3.05) is 0 Å². The van der Waals surface area contributed by atoms with Crippen LogP contribution in [0.25, 0.3) is 33.3 Å². The number of hydrogen-bond donors (Lipinski definition) is 0. The van der Waals surface area contributed by atoms with E-state index in [4.69, 9.17) is 14.8 Å². The molecule has 7 rings (SSSR count). The Hall–Kier alpha value is -4.64. The molecule has 1 aliphatic carbocycles. The molecule has 3 aromatic carbocycles. The molecule has 52 heavy (non-hydrogen) atoms. The molecule has 0 saturated carbocycles. The lowest BCUT2D eigenvalue weighted by molar-refractivity contribution is 0.388. The van der Waals surface area contributed by atoms with Crippen LogP contribution in [0.3, 0.4) is 0 Å². The van der Waals surface area contributed by atoms with E-state index in [0.717, 1.165) is 52.6 Å². The van der Waals surface area contributed by atoms with E-state index in [1.54, 1.807) is 0 Å². The van der Waals surface area contributed by atoms with Crippen molar-refractivity contribution < 1.29 is 4.74 Å². The summed E-state index contributed by atoms with van der Waals surface area (Å²) in [6.07, 6.45) is 10.0. The molecular weight excluding hydrogens is 637 g/mol. The fourth-order valence-corrected chi connectivity index (χ4v) is 8.73. The molecule has 270 valence electrons. The average molecular weight is 693 g/mol. The van der Waals surface area contributed by atoms with Crippen LogP contribution in [0.1, 0.15) is 115 Å². The molecule has 0 saturated heterocycles. The minimum Gasteiger partial charge on any atom is -0.457 e. The highest BCUT2D eigenvalue weighted by atomic mass is 16.5. The number of para-hydroxylation sites is 1. The van der Waals surface area contributed by atoms with Crippen molar-refractivity contribution in [3.63, 3.8) is 0 Å². The molecular formula is C47H56N4O. The number of nitrogens with zero attached hydrogens (tertiary/aromatic N) is 4. The highest BCUT2D eigenvalue weighted by Gasteiger charge is 2.33. The second-order valence-corrected chi connectivity index (χ2v) is 16.2. The minimum atomic E-state index is 0.327. The van der Waals surface area contributed by atoms with Gasteiger partial charge < -0.3 is 4.74 Å². The third kappa shape index (κ3) is 6.95. The van der Waals surface area contributed by atoms with E-state index in [1.165, 1.54) is 58.0 Å². The SMILES string of the molecule is CCCCc1ccnc(-n2c3ccccc3c3ccc(Oc4cc(C(C)C)cc(-n5nc(C)c(C6C(C)=C[C@H](C)C[C@@H]6C)c5CC(C)C)c4)cc32)c1. The first kappa shape index (κ1) is 35.7. The third-order valence-corrected chi connectivity index (χ3v) is 11.0. The van der Waals surface area contributed by atoms with Gasteiger partial charge in [-0.1, -0.05) is 84.7 Å². The lowest BCUT2D eigenvalue weighted by Crippen LogP contribution is -2.21. The van der Waals surface area contributed by atoms with E-state index in [-0.39, 0.29) is 0 Å². The van der Waals surface area contributed by atoms with Crippen molar-refractivity contribution in [3.05, 3.63) is 119 Å². The van der Waals surface area contributed by atoms with Crippen LogP contribution in [0.2, 0.25) is 0 Å². The standard InChI is InChI=1S/C47H56N4O/c1-10-11-14-35-19-20-48-45(24-35)50-42-16-13-12-15-40(42)41-18-17-38(28-43(41)50)52-39-26-36(30(4)5)25-37(27-39)51-44(21-29(2)3)47(34(9)49-51)46-32(7)22-31(6)23-33(46)8/h12-13,15-20,22,24-31,33,46H,10-11,14,21,23H2,1-9H3/t31-,33-,46?/m0/s1. The molecule has 0 N–H and O–H groups in total. The summed E-state index contributed by atoms with van der Waals surface area (Å²) in [5.74, 6) is 4.97. The number of ether oxygens (including phenoxy) is 1. The molecule has 0 bridgehead atoms. The summed E-state index contributed by atoms with van der Waals surface area (Å²) in [6.45, 7) is 20.7. The largest absolute Gasteiger partial charge is 0.457 e. The maximum absolute atomic E-state index is 6.84. The van der Waals surface area contributed by atoms with E-state index in [9.17, 15) is 0 Å². The van der Waals surface area contributed by atoms with E-state index in [0.29, 0.717) is 29.6 Å². The lowest BCUT2D eigenvalue weighted by atomic mass is 9.72. The lowest BCUT2D eigenvalue weighted by Gasteiger charge is -2.33. The number of rotatable bonds is 11. The highest BCUT2D eigenvalue weighted by Crippen LogP contribution is 2.44. The normalized spacial score (nSPS) is 17.8. The Morgan fingerprint density at radius 3 is 2.40 bits per heavy atom. The zero-order chi connectivity index (χ0) is 36.7. The number of aryl methyl sites for hydroxylation is 2. The number of aromatic nitrogens is 4. The molecule has 0 radical (unpaired) electrons. The van der Waals surface area contributed by atoms with Crippen molar-refractivity contribution in [1.29, 1.82) is 0 Å². The zero-order valence-corrected chi connectivity index (χ0v) is 32.7. The van der Waals surface area contributed by atoms with Gasteiger partial charge in [0.05, 0.1) is 22.4 Å². The van der Waals surface area contributed by atoms with Gasteiger partial charge in [-0.05, 0) is 117 Å². The molecule has 0 spiro atoms. The second kappa shape index (κ2) is 14.8. The van der Waals surface area contributed by atoms with Gasteiger partial charge in [0, 0.05) is 46.3 Å². The average Bonchev–Trinajstić information content (AvgIpc) is 3.60. The fraction of sp³-hybridized carbons (Fsp3) is 0.404. The van der Waals surface area contributed by atoms with Gasteiger partial charge >= 0.3 is 0 Å². The first-order valence-corrected chi connectivity index (χ1v) is 19.6. The fourth-order valence-electron chi connectivity index (χ4n) is 8.73. The van der Waals surface area contributed by atoms with Gasteiger partial charge in [-0.25, -0.2) is 9.67 Å². The van der Waals surface area contributed by atoms with Crippen molar-refractivity contribution in [1.82, 2.24) is 19.3 Å². The monoisotopic (exact) mass is 692 g/mol. The van der Waals surface area contributed by atoms with E-state index in [2.05, 4.69) is 150 Å². The number of hydrogen-bond acceptors (Lipinski definition) is 3. The van der Waals surface area contributed by atoms with Crippen LogP contribution in [-0.2, 0) is 12.8 Å². The molecule has 3 aromatic heterocycles. The molecule has 1 unspecified atom stereocenters. The minimum absolute atomic E-state index is 0.327. The van der Waals surface area contributed by atoms with Gasteiger partial charge in [0.2, 0.25) is 0 Å². The first-order chi connectivity index (χ1) is 25.0. The van der Waals surface area contributed by atoms with E-state index in [1.807, 2.05) is 6.20 Å². The Bertz CT molecular complexity index is 2250. The molecule has 3 atom stereocenters. The summed E-state index contributed by atoms with van der Waals surface area (Å²) >= 11 is 0. The van der Waals surface area contributed by atoms with Crippen LogP contribution in [-0.4, -0.2) is 19.3 Å². The third-order valence-electron chi connectivity index (χ3n) is 11.0. The van der Waals surface area contributed by atoms with Crippen LogP contribution in [0.4, 0.5) is 0 Å². The Morgan fingerprint density at radius 2 is 1.65 bits per heavy atom. The molecule has 3 heterocycles. The summed E-state index contributed by atoms with van der Waals surface area (Å²) in [5.41, 5.74) is 11.2. The Labute approximate surface area is 310 Å². The predicted molar refractivity (Wildman–Crippen MR) is 218 cm³/mol. The van der Waals surface area contributed by atoms with E-state index >= 15 is 0 Å².